The minimum absolute atomic E-state index is 0.119. The molecule has 19 heavy (non-hydrogen) atoms. The van der Waals surface area contributed by atoms with Gasteiger partial charge in [-0.25, -0.2) is 0 Å². The first-order valence-electron chi connectivity index (χ1n) is 5.82. The fourth-order valence-corrected chi connectivity index (χ4v) is 1.42. The Kier molecular flexibility index (Phi) is 4.68. The summed E-state index contributed by atoms with van der Waals surface area (Å²) in [6.07, 6.45) is -0.192. The average Bonchev–Trinajstić information content (AvgIpc) is 2.27. The quantitative estimate of drug-likeness (QED) is 0.602. The number of ether oxygens (including phenoxy) is 1. The van der Waals surface area contributed by atoms with Crippen LogP contribution in [0.15, 0.2) is 18.2 Å². The highest BCUT2D eigenvalue weighted by molar-refractivity contribution is 5.82. The van der Waals surface area contributed by atoms with Gasteiger partial charge in [0, 0.05) is 17.8 Å². The van der Waals surface area contributed by atoms with Crippen molar-refractivity contribution in [1.82, 2.24) is 0 Å². The Morgan fingerprint density at radius 2 is 2.05 bits per heavy atom. The predicted octanol–water partition coefficient (Wildman–Crippen LogP) is 1.67. The maximum absolute atomic E-state index is 11.0. The standard InChI is InChI=1S/C12H17N3O4/c1-7(2)19-11-6-9(14-8(3)12(13)16)4-5-10(11)15(17)18/h4-8,14H,1-3H3,(H2,13,16). The number of rotatable bonds is 6. The fraction of sp³-hybridized carbons (Fsp3) is 0.417. The van der Waals surface area contributed by atoms with Crippen molar-refractivity contribution in [3.05, 3.63) is 28.3 Å². The number of carbonyl (C=O) groups is 1. The summed E-state index contributed by atoms with van der Waals surface area (Å²) in [5, 5.41) is 13.7. The van der Waals surface area contributed by atoms with Crippen LogP contribution in [0.1, 0.15) is 20.8 Å². The smallest absolute Gasteiger partial charge is 0.311 e. The first-order valence-corrected chi connectivity index (χ1v) is 5.82. The molecule has 7 heteroatoms. The summed E-state index contributed by atoms with van der Waals surface area (Å²) in [5.74, 6) is -0.355. The maximum atomic E-state index is 11.0. The number of nitrogens with zero attached hydrogens (tertiary/aromatic N) is 1. The van der Waals surface area contributed by atoms with Crippen LogP contribution in [0, 0.1) is 10.1 Å². The zero-order chi connectivity index (χ0) is 14.6. The van der Waals surface area contributed by atoms with Crippen molar-refractivity contribution in [2.24, 2.45) is 5.73 Å². The zero-order valence-electron chi connectivity index (χ0n) is 11.0. The van der Waals surface area contributed by atoms with E-state index in [1.165, 1.54) is 18.2 Å². The molecular formula is C12H17N3O4. The van der Waals surface area contributed by atoms with Crippen LogP contribution in [0.2, 0.25) is 0 Å². The van der Waals surface area contributed by atoms with Gasteiger partial charge in [0.2, 0.25) is 5.91 Å². The number of hydrogen-bond acceptors (Lipinski definition) is 5. The number of nitro groups is 1. The molecule has 0 heterocycles. The van der Waals surface area contributed by atoms with Crippen molar-refractivity contribution in [1.29, 1.82) is 0 Å². The molecule has 0 fully saturated rings. The van der Waals surface area contributed by atoms with Gasteiger partial charge in [-0.3, -0.25) is 14.9 Å². The molecule has 1 aromatic rings. The number of nitrogens with two attached hydrogens (primary N) is 1. The van der Waals surface area contributed by atoms with E-state index in [1.807, 2.05) is 0 Å². The first kappa shape index (κ1) is 14.7. The topological polar surface area (TPSA) is 107 Å². The summed E-state index contributed by atoms with van der Waals surface area (Å²) in [6, 6.07) is 3.74. The molecule has 0 aliphatic carbocycles. The highest BCUT2D eigenvalue weighted by atomic mass is 16.6. The lowest BCUT2D eigenvalue weighted by molar-refractivity contribution is -0.386. The molecule has 0 saturated heterocycles. The van der Waals surface area contributed by atoms with Crippen molar-refractivity contribution in [2.45, 2.75) is 32.9 Å². The fourth-order valence-electron chi connectivity index (χ4n) is 1.42. The summed E-state index contributed by atoms with van der Waals surface area (Å²) < 4.78 is 5.39. The Labute approximate surface area is 110 Å². The molecule has 1 amide bonds. The minimum atomic E-state index is -0.576. The van der Waals surface area contributed by atoms with Crippen LogP contribution in [0.25, 0.3) is 0 Å². The van der Waals surface area contributed by atoms with Crippen LogP contribution in [-0.4, -0.2) is 23.0 Å². The lowest BCUT2D eigenvalue weighted by Crippen LogP contribution is -2.32. The van der Waals surface area contributed by atoms with Crippen molar-refractivity contribution in [3.63, 3.8) is 0 Å². The predicted molar refractivity (Wildman–Crippen MR) is 71.1 cm³/mol. The highest BCUT2D eigenvalue weighted by Gasteiger charge is 2.18. The van der Waals surface area contributed by atoms with Crippen LogP contribution in [-0.2, 0) is 4.79 Å². The first-order chi connectivity index (χ1) is 8.81. The Morgan fingerprint density at radius 1 is 1.42 bits per heavy atom. The number of carbonyl (C=O) groups excluding carboxylic acids is 1. The number of amides is 1. The molecule has 1 aromatic carbocycles. The van der Waals surface area contributed by atoms with Crippen LogP contribution in [0.4, 0.5) is 11.4 Å². The molecule has 1 rings (SSSR count). The highest BCUT2D eigenvalue weighted by Crippen LogP contribution is 2.31. The van der Waals surface area contributed by atoms with Crippen LogP contribution >= 0.6 is 0 Å². The van der Waals surface area contributed by atoms with Crippen molar-refractivity contribution >= 4 is 17.3 Å². The SMILES string of the molecule is CC(C)Oc1cc(NC(C)C(N)=O)ccc1[N+](=O)[O-]. The van der Waals surface area contributed by atoms with Gasteiger partial charge in [-0.15, -0.1) is 0 Å². The monoisotopic (exact) mass is 267 g/mol. The molecule has 0 aliphatic rings. The molecule has 0 aliphatic heterocycles. The molecule has 0 bridgehead atoms. The Morgan fingerprint density at radius 3 is 2.53 bits per heavy atom. The van der Waals surface area contributed by atoms with E-state index in [0.717, 1.165) is 0 Å². The molecule has 0 spiro atoms. The van der Waals surface area contributed by atoms with E-state index in [4.69, 9.17) is 10.5 Å². The van der Waals surface area contributed by atoms with E-state index in [2.05, 4.69) is 5.32 Å². The molecule has 0 saturated carbocycles. The second-order valence-electron chi connectivity index (χ2n) is 4.37. The van der Waals surface area contributed by atoms with Crippen LogP contribution in [0.3, 0.4) is 0 Å². The molecular weight excluding hydrogens is 250 g/mol. The van der Waals surface area contributed by atoms with Crippen LogP contribution < -0.4 is 15.8 Å². The lowest BCUT2D eigenvalue weighted by Gasteiger charge is -2.14. The van der Waals surface area contributed by atoms with Gasteiger partial charge >= 0.3 is 5.69 Å². The number of nitro benzene ring substituents is 1. The minimum Gasteiger partial charge on any atom is -0.484 e. The van der Waals surface area contributed by atoms with Gasteiger partial charge in [0.05, 0.1) is 11.0 Å². The number of hydrogen-bond donors (Lipinski definition) is 2. The summed E-state index contributed by atoms with van der Waals surface area (Å²) in [7, 11) is 0. The second-order valence-corrected chi connectivity index (χ2v) is 4.37. The van der Waals surface area contributed by atoms with E-state index in [0.29, 0.717) is 5.69 Å². The summed E-state index contributed by atoms with van der Waals surface area (Å²) in [5.41, 5.74) is 5.56. The largest absolute Gasteiger partial charge is 0.484 e. The molecule has 0 radical (unpaired) electrons. The van der Waals surface area contributed by atoms with E-state index in [1.54, 1.807) is 20.8 Å². The van der Waals surface area contributed by atoms with E-state index in [-0.39, 0.29) is 17.5 Å². The van der Waals surface area contributed by atoms with Crippen molar-refractivity contribution in [3.8, 4) is 5.75 Å². The molecule has 3 N–H and O–H groups in total. The third kappa shape index (κ3) is 4.13. The maximum Gasteiger partial charge on any atom is 0.311 e. The van der Waals surface area contributed by atoms with E-state index < -0.39 is 16.9 Å². The lowest BCUT2D eigenvalue weighted by atomic mass is 10.2. The number of benzene rings is 1. The van der Waals surface area contributed by atoms with E-state index in [9.17, 15) is 14.9 Å². The molecule has 0 aromatic heterocycles. The van der Waals surface area contributed by atoms with Gasteiger partial charge in [0.25, 0.3) is 0 Å². The van der Waals surface area contributed by atoms with Gasteiger partial charge in [-0.1, -0.05) is 0 Å². The Balaban J connectivity index is 3.03. The van der Waals surface area contributed by atoms with Gasteiger partial charge in [-0.05, 0) is 26.8 Å². The van der Waals surface area contributed by atoms with Gasteiger partial charge in [-0.2, -0.15) is 0 Å². The van der Waals surface area contributed by atoms with E-state index >= 15 is 0 Å². The summed E-state index contributed by atoms with van der Waals surface area (Å²) in [4.78, 5) is 21.3. The molecule has 104 valence electrons. The third-order valence-electron chi connectivity index (χ3n) is 2.33. The number of anilines is 1. The van der Waals surface area contributed by atoms with Gasteiger partial charge < -0.3 is 15.8 Å². The zero-order valence-corrected chi connectivity index (χ0v) is 11.0. The molecule has 7 nitrogen and oxygen atoms in total. The molecule has 1 atom stereocenters. The van der Waals surface area contributed by atoms with Crippen molar-refractivity contribution in [2.75, 3.05) is 5.32 Å². The Bertz CT molecular complexity index is 488. The molecule has 1 unspecified atom stereocenters. The third-order valence-corrected chi connectivity index (χ3v) is 2.33. The van der Waals surface area contributed by atoms with Gasteiger partial charge in [0.15, 0.2) is 5.75 Å². The normalized spacial score (nSPS) is 12.0. The van der Waals surface area contributed by atoms with Crippen LogP contribution in [0.5, 0.6) is 5.75 Å². The summed E-state index contributed by atoms with van der Waals surface area (Å²) >= 11 is 0. The second kappa shape index (κ2) is 6.03. The average molecular weight is 267 g/mol. The summed E-state index contributed by atoms with van der Waals surface area (Å²) in [6.45, 7) is 5.15. The number of primary amides is 1. The Hall–Kier alpha value is -2.31. The van der Waals surface area contributed by atoms with Crippen molar-refractivity contribution < 1.29 is 14.5 Å². The van der Waals surface area contributed by atoms with Gasteiger partial charge in [0.1, 0.15) is 6.04 Å². The number of nitrogens with one attached hydrogen (secondary N) is 1.